The van der Waals surface area contributed by atoms with Gasteiger partial charge in [-0.25, -0.2) is 4.79 Å². The maximum atomic E-state index is 11.7. The quantitative estimate of drug-likeness (QED) is 0.756. The predicted molar refractivity (Wildman–Crippen MR) is 62.6 cm³/mol. The number of nitrogens with one attached hydrogen (secondary N) is 1. The number of carboxylic acids is 1. The van der Waals surface area contributed by atoms with Crippen molar-refractivity contribution in [1.29, 1.82) is 0 Å². The number of carbonyl (C=O) groups excluding carboxylic acids is 1. The summed E-state index contributed by atoms with van der Waals surface area (Å²) in [6.45, 7) is 4.87. The van der Waals surface area contributed by atoms with E-state index in [2.05, 4.69) is 5.32 Å². The Morgan fingerprint density at radius 2 is 2.00 bits per heavy atom. The first-order valence-electron chi connectivity index (χ1n) is 6.17. The van der Waals surface area contributed by atoms with Gasteiger partial charge in [0.05, 0.1) is 0 Å². The molecule has 2 atom stereocenters. The van der Waals surface area contributed by atoms with Crippen LogP contribution in [0.5, 0.6) is 0 Å². The summed E-state index contributed by atoms with van der Waals surface area (Å²) >= 11 is 0. The van der Waals surface area contributed by atoms with Crippen LogP contribution in [0.25, 0.3) is 0 Å². The fourth-order valence-electron chi connectivity index (χ4n) is 1.91. The largest absolute Gasteiger partial charge is 0.480 e. The molecule has 5 heteroatoms. The van der Waals surface area contributed by atoms with Gasteiger partial charge in [-0.1, -0.05) is 13.8 Å². The number of rotatable bonds is 5. The lowest BCUT2D eigenvalue weighted by Crippen LogP contribution is -2.49. The van der Waals surface area contributed by atoms with E-state index in [0.717, 1.165) is 0 Å². The normalized spacial score (nSPS) is 20.6. The van der Waals surface area contributed by atoms with Crippen LogP contribution in [0.3, 0.4) is 0 Å². The van der Waals surface area contributed by atoms with Crippen LogP contribution in [-0.4, -0.2) is 36.2 Å². The number of amides is 1. The van der Waals surface area contributed by atoms with Crippen molar-refractivity contribution in [2.45, 2.75) is 39.2 Å². The Morgan fingerprint density at radius 3 is 2.47 bits per heavy atom. The van der Waals surface area contributed by atoms with Crippen molar-refractivity contribution in [3.63, 3.8) is 0 Å². The molecule has 5 nitrogen and oxygen atoms in total. The number of carboxylic acid groups (broad SMARTS) is 1. The summed E-state index contributed by atoms with van der Waals surface area (Å²) in [5, 5.41) is 11.8. The molecule has 0 aromatic rings. The highest BCUT2D eigenvalue weighted by atomic mass is 16.5. The number of carbonyl (C=O) groups is 2. The first-order valence-corrected chi connectivity index (χ1v) is 6.17. The van der Waals surface area contributed by atoms with E-state index in [-0.39, 0.29) is 17.7 Å². The van der Waals surface area contributed by atoms with Gasteiger partial charge in [-0.15, -0.1) is 0 Å². The lowest BCUT2D eigenvalue weighted by Gasteiger charge is -2.28. The summed E-state index contributed by atoms with van der Waals surface area (Å²) < 4.78 is 5.20. The molecule has 1 heterocycles. The van der Waals surface area contributed by atoms with Crippen LogP contribution in [0, 0.1) is 11.8 Å². The topological polar surface area (TPSA) is 75.6 Å². The molecular formula is C12H21NO4. The van der Waals surface area contributed by atoms with Crippen LogP contribution in [0.4, 0.5) is 0 Å². The Hall–Kier alpha value is -1.10. The van der Waals surface area contributed by atoms with Crippen molar-refractivity contribution in [2.24, 2.45) is 11.8 Å². The predicted octanol–water partition coefficient (Wildman–Crippen LogP) is 1.03. The molecule has 0 aromatic heterocycles. The molecule has 0 spiro atoms. The molecule has 1 fully saturated rings. The minimum absolute atomic E-state index is 0.0192. The maximum absolute atomic E-state index is 11.7. The Morgan fingerprint density at radius 1 is 1.41 bits per heavy atom. The van der Waals surface area contributed by atoms with Gasteiger partial charge >= 0.3 is 5.97 Å². The fraction of sp³-hybridized carbons (Fsp3) is 0.833. The molecule has 1 aliphatic rings. The SMILES string of the molecule is CCC(C)C(=O)NC(C(=O)O)C1CCOCC1. The molecule has 2 unspecified atom stereocenters. The Kier molecular flexibility index (Phi) is 5.41. The molecular weight excluding hydrogens is 222 g/mol. The molecule has 0 aromatic carbocycles. The number of hydrogen-bond donors (Lipinski definition) is 2. The van der Waals surface area contributed by atoms with Gasteiger partial charge in [-0.2, -0.15) is 0 Å². The third kappa shape index (κ3) is 4.00. The minimum atomic E-state index is -0.950. The molecule has 1 aliphatic heterocycles. The molecule has 2 N–H and O–H groups in total. The van der Waals surface area contributed by atoms with Crippen molar-refractivity contribution in [3.05, 3.63) is 0 Å². The van der Waals surface area contributed by atoms with Crippen molar-refractivity contribution in [3.8, 4) is 0 Å². The van der Waals surface area contributed by atoms with Crippen LogP contribution in [0.1, 0.15) is 33.1 Å². The lowest BCUT2D eigenvalue weighted by atomic mass is 9.91. The van der Waals surface area contributed by atoms with E-state index in [0.29, 0.717) is 32.5 Å². The van der Waals surface area contributed by atoms with E-state index in [1.54, 1.807) is 6.92 Å². The second-order valence-electron chi connectivity index (χ2n) is 4.58. The van der Waals surface area contributed by atoms with Gasteiger partial charge in [0.2, 0.25) is 5.91 Å². The van der Waals surface area contributed by atoms with Gasteiger partial charge in [0.1, 0.15) is 6.04 Å². The zero-order valence-electron chi connectivity index (χ0n) is 10.4. The Balaban J connectivity index is 2.59. The molecule has 0 saturated carbocycles. The monoisotopic (exact) mass is 243 g/mol. The van der Waals surface area contributed by atoms with Crippen molar-refractivity contribution in [2.75, 3.05) is 13.2 Å². The van der Waals surface area contributed by atoms with Gasteiger partial charge < -0.3 is 15.2 Å². The molecule has 17 heavy (non-hydrogen) atoms. The minimum Gasteiger partial charge on any atom is -0.480 e. The second kappa shape index (κ2) is 6.59. The lowest BCUT2D eigenvalue weighted by molar-refractivity contribution is -0.145. The van der Waals surface area contributed by atoms with Gasteiger partial charge in [0.15, 0.2) is 0 Å². The summed E-state index contributed by atoms with van der Waals surface area (Å²) in [6, 6.07) is -0.777. The summed E-state index contributed by atoms with van der Waals surface area (Å²) in [5.74, 6) is -1.29. The summed E-state index contributed by atoms with van der Waals surface area (Å²) in [4.78, 5) is 22.9. The average Bonchev–Trinajstić information content (AvgIpc) is 2.35. The fourth-order valence-corrected chi connectivity index (χ4v) is 1.91. The highest BCUT2D eigenvalue weighted by molar-refractivity contribution is 5.84. The van der Waals surface area contributed by atoms with Crippen LogP contribution >= 0.6 is 0 Å². The van der Waals surface area contributed by atoms with Gasteiger partial charge in [0, 0.05) is 19.1 Å². The van der Waals surface area contributed by atoms with Gasteiger partial charge in [-0.3, -0.25) is 4.79 Å². The van der Waals surface area contributed by atoms with Crippen molar-refractivity contribution in [1.82, 2.24) is 5.32 Å². The first kappa shape index (κ1) is 14.0. The zero-order chi connectivity index (χ0) is 12.8. The highest BCUT2D eigenvalue weighted by Gasteiger charge is 2.31. The number of hydrogen-bond acceptors (Lipinski definition) is 3. The van der Waals surface area contributed by atoms with Gasteiger partial charge in [-0.05, 0) is 25.2 Å². The molecule has 1 rings (SSSR count). The summed E-state index contributed by atoms with van der Waals surface area (Å²) in [5.41, 5.74) is 0. The van der Waals surface area contributed by atoms with Crippen LogP contribution in [0.2, 0.25) is 0 Å². The van der Waals surface area contributed by atoms with E-state index >= 15 is 0 Å². The zero-order valence-corrected chi connectivity index (χ0v) is 10.4. The van der Waals surface area contributed by atoms with E-state index in [1.165, 1.54) is 0 Å². The smallest absolute Gasteiger partial charge is 0.326 e. The standard InChI is InChI=1S/C12H21NO4/c1-3-8(2)11(14)13-10(12(15)16)9-4-6-17-7-5-9/h8-10H,3-7H2,1-2H3,(H,13,14)(H,15,16). The van der Waals surface area contributed by atoms with E-state index in [4.69, 9.17) is 4.74 Å². The van der Waals surface area contributed by atoms with Crippen LogP contribution in [-0.2, 0) is 14.3 Å². The molecule has 0 bridgehead atoms. The maximum Gasteiger partial charge on any atom is 0.326 e. The Bertz CT molecular complexity index is 274. The van der Waals surface area contributed by atoms with E-state index in [9.17, 15) is 14.7 Å². The highest BCUT2D eigenvalue weighted by Crippen LogP contribution is 2.19. The third-order valence-corrected chi connectivity index (χ3v) is 3.36. The molecule has 98 valence electrons. The summed E-state index contributed by atoms with van der Waals surface area (Å²) in [7, 11) is 0. The number of aliphatic carboxylic acids is 1. The molecule has 1 amide bonds. The second-order valence-corrected chi connectivity index (χ2v) is 4.58. The van der Waals surface area contributed by atoms with Crippen LogP contribution in [0.15, 0.2) is 0 Å². The third-order valence-electron chi connectivity index (χ3n) is 3.36. The Labute approximate surface area is 102 Å². The van der Waals surface area contributed by atoms with E-state index < -0.39 is 12.0 Å². The van der Waals surface area contributed by atoms with Crippen LogP contribution < -0.4 is 5.32 Å². The molecule has 0 radical (unpaired) electrons. The van der Waals surface area contributed by atoms with Gasteiger partial charge in [0.25, 0.3) is 0 Å². The van der Waals surface area contributed by atoms with Crippen molar-refractivity contribution >= 4 is 11.9 Å². The van der Waals surface area contributed by atoms with Crippen molar-refractivity contribution < 1.29 is 19.4 Å². The molecule has 1 saturated heterocycles. The first-order chi connectivity index (χ1) is 8.06. The van der Waals surface area contributed by atoms with E-state index in [1.807, 2.05) is 6.92 Å². The summed E-state index contributed by atoms with van der Waals surface area (Å²) in [6.07, 6.45) is 2.10. The molecule has 0 aliphatic carbocycles. The number of ether oxygens (including phenoxy) is 1. The average molecular weight is 243 g/mol.